The number of nitrogens with one attached hydrogen (secondary N) is 2. The maximum Gasteiger partial charge on any atom is 0.319 e. The first-order chi connectivity index (χ1) is 9.28. The van der Waals surface area contributed by atoms with E-state index >= 15 is 0 Å². The van der Waals surface area contributed by atoms with Crippen LogP contribution in [0.4, 0.5) is 10.5 Å². The molecule has 0 bridgehead atoms. The first-order valence-corrected chi connectivity index (χ1v) is 5.78. The molecule has 0 aromatic heterocycles. The fourth-order valence-electron chi connectivity index (χ4n) is 1.53. The molecule has 0 aliphatic carbocycles. The van der Waals surface area contributed by atoms with E-state index in [0.717, 1.165) is 5.56 Å². The number of nitriles is 1. The second kappa shape index (κ2) is 6.22. The number of urea groups is 1. The fourth-order valence-corrected chi connectivity index (χ4v) is 1.53. The maximum atomic E-state index is 11.6. The normalized spacial score (nSPS) is 9.42. The lowest BCUT2D eigenvalue weighted by Crippen LogP contribution is -2.28. The van der Waals surface area contributed by atoms with Crippen molar-refractivity contribution in [2.24, 2.45) is 0 Å². The molecule has 0 heterocycles. The van der Waals surface area contributed by atoms with Crippen molar-refractivity contribution >= 4 is 11.7 Å². The minimum Gasteiger partial charge on any atom is -0.334 e. The number of nitrogens with zero attached hydrogens (tertiary/aromatic N) is 1. The third-order valence-corrected chi connectivity index (χ3v) is 2.50. The fraction of sp³-hybridized carbons (Fsp3) is 0.0667. The number of benzene rings is 2. The van der Waals surface area contributed by atoms with Crippen LogP contribution in [-0.4, -0.2) is 6.03 Å². The number of hydrogen-bond acceptors (Lipinski definition) is 2. The molecule has 0 aliphatic heterocycles. The summed E-state index contributed by atoms with van der Waals surface area (Å²) in [5.41, 5.74) is 2.19. The van der Waals surface area contributed by atoms with Crippen LogP contribution in [0.3, 0.4) is 0 Å². The van der Waals surface area contributed by atoms with Crippen LogP contribution in [0, 0.1) is 17.4 Å². The Morgan fingerprint density at radius 3 is 2.68 bits per heavy atom. The van der Waals surface area contributed by atoms with Gasteiger partial charge in [-0.25, -0.2) is 4.79 Å². The maximum absolute atomic E-state index is 11.6. The molecule has 93 valence electrons. The van der Waals surface area contributed by atoms with Crippen molar-refractivity contribution < 1.29 is 4.79 Å². The van der Waals surface area contributed by atoms with Crippen LogP contribution in [0.2, 0.25) is 0 Å². The number of carbonyl (C=O) groups excluding carboxylic acids is 1. The molecule has 0 unspecified atom stereocenters. The average Bonchev–Trinajstić information content (AvgIpc) is 2.47. The lowest BCUT2D eigenvalue weighted by molar-refractivity contribution is 0.251. The highest BCUT2D eigenvalue weighted by molar-refractivity contribution is 5.89. The zero-order valence-electron chi connectivity index (χ0n) is 10.2. The van der Waals surface area contributed by atoms with Gasteiger partial charge < -0.3 is 10.6 Å². The Labute approximate surface area is 111 Å². The van der Waals surface area contributed by atoms with Gasteiger partial charge in [0.25, 0.3) is 0 Å². The van der Waals surface area contributed by atoms with Gasteiger partial charge >= 0.3 is 6.03 Å². The van der Waals surface area contributed by atoms with E-state index in [1.807, 2.05) is 24.3 Å². The predicted molar refractivity (Wildman–Crippen MR) is 72.3 cm³/mol. The van der Waals surface area contributed by atoms with E-state index in [-0.39, 0.29) is 6.03 Å². The van der Waals surface area contributed by atoms with Crippen molar-refractivity contribution in [2.45, 2.75) is 6.54 Å². The van der Waals surface area contributed by atoms with E-state index in [1.54, 1.807) is 30.3 Å². The molecule has 0 atom stereocenters. The van der Waals surface area contributed by atoms with Gasteiger partial charge in [-0.05, 0) is 42.0 Å². The molecule has 2 N–H and O–H groups in total. The molecule has 1 radical (unpaired) electrons. The van der Waals surface area contributed by atoms with Crippen LogP contribution in [0.5, 0.6) is 0 Å². The Kier molecular flexibility index (Phi) is 4.14. The molecule has 2 aromatic carbocycles. The van der Waals surface area contributed by atoms with Crippen molar-refractivity contribution in [3.05, 3.63) is 65.7 Å². The van der Waals surface area contributed by atoms with E-state index in [1.165, 1.54) is 0 Å². The van der Waals surface area contributed by atoms with E-state index in [9.17, 15) is 4.79 Å². The predicted octanol–water partition coefficient (Wildman–Crippen LogP) is 2.68. The van der Waals surface area contributed by atoms with Crippen molar-refractivity contribution in [1.82, 2.24) is 5.32 Å². The SMILES string of the molecule is N#Cc1ccc(NC(=O)NCc2c[c]ccc2)cc1. The summed E-state index contributed by atoms with van der Waals surface area (Å²) in [6.07, 6.45) is 0. The van der Waals surface area contributed by atoms with Gasteiger partial charge in [0.05, 0.1) is 11.6 Å². The van der Waals surface area contributed by atoms with Gasteiger partial charge in [-0.3, -0.25) is 0 Å². The van der Waals surface area contributed by atoms with E-state index in [0.29, 0.717) is 17.8 Å². The standard InChI is InChI=1S/C15H12N3O/c16-10-12-6-8-14(9-7-12)18-15(19)17-11-13-4-2-1-3-5-13/h1-2,4-9H,11H2,(H2,17,18,19). The third kappa shape index (κ3) is 3.86. The van der Waals surface area contributed by atoms with Crippen LogP contribution in [-0.2, 0) is 6.54 Å². The van der Waals surface area contributed by atoms with Crippen molar-refractivity contribution in [3.8, 4) is 6.07 Å². The number of rotatable bonds is 3. The second-order valence-electron chi connectivity index (χ2n) is 3.91. The Hall–Kier alpha value is -2.80. The molecule has 4 nitrogen and oxygen atoms in total. The largest absolute Gasteiger partial charge is 0.334 e. The highest BCUT2D eigenvalue weighted by Gasteiger charge is 2.01. The van der Waals surface area contributed by atoms with Crippen molar-refractivity contribution in [2.75, 3.05) is 5.32 Å². The van der Waals surface area contributed by atoms with Gasteiger partial charge in [0, 0.05) is 12.2 Å². The molecule has 0 spiro atoms. The summed E-state index contributed by atoms with van der Waals surface area (Å²) in [6, 6.07) is 18.8. The zero-order chi connectivity index (χ0) is 13.5. The smallest absolute Gasteiger partial charge is 0.319 e. The van der Waals surface area contributed by atoms with Gasteiger partial charge in [0.15, 0.2) is 0 Å². The lowest BCUT2D eigenvalue weighted by Gasteiger charge is -2.07. The summed E-state index contributed by atoms with van der Waals surface area (Å²) in [7, 11) is 0. The summed E-state index contributed by atoms with van der Waals surface area (Å²) in [6.45, 7) is 0.444. The highest BCUT2D eigenvalue weighted by Crippen LogP contribution is 2.08. The number of carbonyl (C=O) groups is 1. The van der Waals surface area contributed by atoms with E-state index in [4.69, 9.17) is 5.26 Å². The summed E-state index contributed by atoms with van der Waals surface area (Å²) >= 11 is 0. The molecular formula is C15H12N3O. The molecular weight excluding hydrogens is 238 g/mol. The Balaban J connectivity index is 1.86. The molecule has 19 heavy (non-hydrogen) atoms. The van der Waals surface area contributed by atoms with Crippen LogP contribution in [0.25, 0.3) is 0 Å². The summed E-state index contributed by atoms with van der Waals surface area (Å²) in [5.74, 6) is 0. The van der Waals surface area contributed by atoms with Gasteiger partial charge in [-0.2, -0.15) is 5.26 Å². The minimum atomic E-state index is -0.284. The third-order valence-electron chi connectivity index (χ3n) is 2.50. The van der Waals surface area contributed by atoms with Crippen LogP contribution in [0.15, 0.2) is 48.5 Å². The summed E-state index contributed by atoms with van der Waals surface area (Å²) < 4.78 is 0. The van der Waals surface area contributed by atoms with Gasteiger partial charge in [-0.15, -0.1) is 0 Å². The van der Waals surface area contributed by atoms with E-state index in [2.05, 4.69) is 16.7 Å². The van der Waals surface area contributed by atoms with Crippen molar-refractivity contribution in [3.63, 3.8) is 0 Å². The van der Waals surface area contributed by atoms with Gasteiger partial charge in [0.1, 0.15) is 0 Å². The minimum absolute atomic E-state index is 0.284. The topological polar surface area (TPSA) is 64.9 Å². The second-order valence-corrected chi connectivity index (χ2v) is 3.91. The van der Waals surface area contributed by atoms with Crippen LogP contribution >= 0.6 is 0 Å². The molecule has 0 aliphatic rings. The highest BCUT2D eigenvalue weighted by atomic mass is 16.2. The van der Waals surface area contributed by atoms with Gasteiger partial charge in [-0.1, -0.05) is 18.2 Å². The Bertz CT molecular complexity index is 585. The first-order valence-electron chi connectivity index (χ1n) is 5.78. The lowest BCUT2D eigenvalue weighted by atomic mass is 10.2. The van der Waals surface area contributed by atoms with Crippen LogP contribution < -0.4 is 10.6 Å². The number of amides is 2. The molecule has 2 aromatic rings. The number of anilines is 1. The summed E-state index contributed by atoms with van der Waals surface area (Å²) in [5, 5.41) is 14.1. The molecule has 4 heteroatoms. The van der Waals surface area contributed by atoms with Crippen molar-refractivity contribution in [1.29, 1.82) is 5.26 Å². The first kappa shape index (κ1) is 12.7. The Morgan fingerprint density at radius 2 is 2.05 bits per heavy atom. The Morgan fingerprint density at radius 1 is 1.26 bits per heavy atom. The summed E-state index contributed by atoms with van der Waals surface area (Å²) in [4.78, 5) is 11.6. The zero-order valence-corrected chi connectivity index (χ0v) is 10.2. The van der Waals surface area contributed by atoms with Crippen LogP contribution in [0.1, 0.15) is 11.1 Å². The molecule has 2 amide bonds. The monoisotopic (exact) mass is 250 g/mol. The van der Waals surface area contributed by atoms with Gasteiger partial charge in [0.2, 0.25) is 0 Å². The molecule has 2 rings (SSSR count). The molecule has 0 fully saturated rings. The van der Waals surface area contributed by atoms with E-state index < -0.39 is 0 Å². The average molecular weight is 250 g/mol. The number of hydrogen-bond donors (Lipinski definition) is 2. The molecule has 0 saturated heterocycles. The molecule has 0 saturated carbocycles. The quantitative estimate of drug-likeness (QED) is 0.879.